The Hall–Kier alpha value is -2.37. The summed E-state index contributed by atoms with van der Waals surface area (Å²) < 4.78 is 10.6. The van der Waals surface area contributed by atoms with Crippen LogP contribution in [-0.2, 0) is 20.8 Å². The Bertz CT molecular complexity index is 1030. The van der Waals surface area contributed by atoms with E-state index in [1.807, 2.05) is 30.9 Å². The van der Waals surface area contributed by atoms with Gasteiger partial charge in [-0.05, 0) is 17.7 Å². The van der Waals surface area contributed by atoms with Crippen molar-refractivity contribution in [1.29, 1.82) is 0 Å². The van der Waals surface area contributed by atoms with E-state index in [1.54, 1.807) is 31.4 Å². The van der Waals surface area contributed by atoms with E-state index in [2.05, 4.69) is 9.80 Å². The number of nitrogens with zero attached hydrogens (tertiary/aromatic N) is 6. The number of hydrogen-bond acceptors (Lipinski definition) is 9. The number of hydrazine groups is 1. The summed E-state index contributed by atoms with van der Waals surface area (Å²) in [7, 11) is 3.33. The number of benzene rings is 1. The van der Waals surface area contributed by atoms with Crippen molar-refractivity contribution in [2.24, 2.45) is 11.8 Å². The van der Waals surface area contributed by atoms with Gasteiger partial charge < -0.3 is 24.2 Å². The molecule has 1 aliphatic rings. The summed E-state index contributed by atoms with van der Waals surface area (Å²) in [4.78, 5) is 28.2. The van der Waals surface area contributed by atoms with E-state index in [1.165, 1.54) is 0 Å². The number of carbonyl (C=O) groups excluding carboxylic acids is 1. The number of methoxy groups -OCH3 is 2. The first-order valence-electron chi connectivity index (χ1n) is 12.3. The van der Waals surface area contributed by atoms with Crippen LogP contribution >= 0.6 is 23.2 Å². The highest BCUT2D eigenvalue weighted by atomic mass is 35.5. The fraction of sp³-hybridized carbons (Fsp3) is 0.560. The van der Waals surface area contributed by atoms with Crippen LogP contribution in [0.2, 0.25) is 10.0 Å². The maximum Gasteiger partial charge on any atom is 0.229 e. The Labute approximate surface area is 229 Å². The fourth-order valence-electron chi connectivity index (χ4n) is 4.01. The molecule has 0 radical (unpaired) electrons. The highest BCUT2D eigenvalue weighted by molar-refractivity contribution is 6.35. The molecule has 1 amide bonds. The highest BCUT2D eigenvalue weighted by Crippen LogP contribution is 2.26. The van der Waals surface area contributed by atoms with Crippen molar-refractivity contribution in [3.63, 3.8) is 0 Å². The molecule has 1 fully saturated rings. The van der Waals surface area contributed by atoms with Gasteiger partial charge in [0.15, 0.2) is 5.82 Å². The molecular formula is C25H37Cl2N7O3. The topological polar surface area (TPSA) is 100 Å². The van der Waals surface area contributed by atoms with Crippen molar-refractivity contribution in [3.8, 4) is 0 Å². The highest BCUT2D eigenvalue weighted by Gasteiger charge is 2.25. The van der Waals surface area contributed by atoms with Gasteiger partial charge in [0.25, 0.3) is 0 Å². The number of aromatic nitrogens is 2. The third-order valence-corrected chi connectivity index (χ3v) is 6.75. The number of piperazine rings is 1. The molecule has 10 nitrogen and oxygen atoms in total. The van der Waals surface area contributed by atoms with Gasteiger partial charge in [-0.25, -0.2) is 5.84 Å². The average molecular weight is 555 g/mol. The summed E-state index contributed by atoms with van der Waals surface area (Å²) in [6.07, 6.45) is 0. The molecule has 0 unspecified atom stereocenters. The van der Waals surface area contributed by atoms with Crippen LogP contribution in [0.25, 0.3) is 0 Å². The second kappa shape index (κ2) is 14.0. The van der Waals surface area contributed by atoms with E-state index < -0.39 is 0 Å². The first-order valence-corrected chi connectivity index (χ1v) is 13.1. The maximum atomic E-state index is 12.5. The van der Waals surface area contributed by atoms with Crippen molar-refractivity contribution in [1.82, 2.24) is 14.9 Å². The lowest BCUT2D eigenvalue weighted by molar-refractivity contribution is -0.134. The van der Waals surface area contributed by atoms with E-state index in [-0.39, 0.29) is 11.8 Å². The van der Waals surface area contributed by atoms with Crippen LogP contribution < -0.4 is 20.7 Å². The second-order valence-electron chi connectivity index (χ2n) is 9.19. The zero-order valence-corrected chi connectivity index (χ0v) is 23.5. The predicted molar refractivity (Wildman–Crippen MR) is 148 cm³/mol. The smallest absolute Gasteiger partial charge is 0.229 e. The van der Waals surface area contributed by atoms with Crippen LogP contribution in [0.1, 0.15) is 19.4 Å². The van der Waals surface area contributed by atoms with Crippen molar-refractivity contribution in [2.45, 2.75) is 20.4 Å². The molecule has 0 saturated carbocycles. The Morgan fingerprint density at radius 3 is 2.22 bits per heavy atom. The zero-order valence-electron chi connectivity index (χ0n) is 22.0. The second-order valence-corrected chi connectivity index (χ2v) is 10.0. The first kappa shape index (κ1) is 29.2. The van der Waals surface area contributed by atoms with Gasteiger partial charge in [-0.3, -0.25) is 9.80 Å². The first-order chi connectivity index (χ1) is 17.7. The summed E-state index contributed by atoms with van der Waals surface area (Å²) in [6, 6.07) is 7.18. The Balaban J connectivity index is 1.90. The SMILES string of the molecule is COCCN(CCOC)c1cc(N(N)Cc2ccc(Cl)cc2Cl)nc(N2CCN(C(=O)C(C)C)CC2)n1. The molecule has 2 heterocycles. The van der Waals surface area contributed by atoms with Gasteiger partial charge in [-0.15, -0.1) is 0 Å². The normalized spacial score (nSPS) is 13.8. The van der Waals surface area contributed by atoms with Crippen molar-refractivity contribution in [2.75, 3.05) is 81.5 Å². The third-order valence-electron chi connectivity index (χ3n) is 6.16. The molecule has 0 aliphatic carbocycles. The number of rotatable bonds is 12. The zero-order chi connectivity index (χ0) is 26.9. The number of anilines is 3. The number of nitrogens with two attached hydrogens (primary N) is 1. The molecule has 1 aromatic carbocycles. The lowest BCUT2D eigenvalue weighted by Crippen LogP contribution is -2.50. The molecule has 0 spiro atoms. The van der Waals surface area contributed by atoms with E-state index in [9.17, 15) is 4.79 Å². The molecule has 1 saturated heterocycles. The third kappa shape index (κ3) is 8.05. The summed E-state index contributed by atoms with van der Waals surface area (Å²) in [6.45, 7) is 8.97. The Morgan fingerprint density at radius 1 is 1.03 bits per heavy atom. The van der Waals surface area contributed by atoms with E-state index >= 15 is 0 Å². The summed E-state index contributed by atoms with van der Waals surface area (Å²) in [5.74, 6) is 8.46. The summed E-state index contributed by atoms with van der Waals surface area (Å²) in [5, 5.41) is 2.64. The van der Waals surface area contributed by atoms with Crippen LogP contribution in [0.15, 0.2) is 24.3 Å². The predicted octanol–water partition coefficient (Wildman–Crippen LogP) is 3.07. The molecule has 3 rings (SSSR count). The van der Waals surface area contributed by atoms with Gasteiger partial charge in [-0.1, -0.05) is 43.1 Å². The molecule has 2 aromatic rings. The van der Waals surface area contributed by atoms with E-state index in [4.69, 9.17) is 48.5 Å². The molecule has 12 heteroatoms. The summed E-state index contributed by atoms with van der Waals surface area (Å²) >= 11 is 12.5. The number of ether oxygens (including phenoxy) is 2. The van der Waals surface area contributed by atoms with Gasteiger partial charge in [0, 0.05) is 75.5 Å². The van der Waals surface area contributed by atoms with Gasteiger partial charge >= 0.3 is 0 Å². The van der Waals surface area contributed by atoms with Crippen LogP contribution in [0.3, 0.4) is 0 Å². The molecule has 204 valence electrons. The van der Waals surface area contributed by atoms with Gasteiger partial charge in [0.2, 0.25) is 11.9 Å². The number of amides is 1. The molecule has 2 N–H and O–H groups in total. The number of halogens is 2. The van der Waals surface area contributed by atoms with Gasteiger partial charge in [0.05, 0.1) is 19.8 Å². The molecule has 0 bridgehead atoms. The molecule has 1 aliphatic heterocycles. The van der Waals surface area contributed by atoms with Crippen LogP contribution in [0.5, 0.6) is 0 Å². The molecule has 37 heavy (non-hydrogen) atoms. The Kier molecular flexibility index (Phi) is 11.0. The summed E-state index contributed by atoms with van der Waals surface area (Å²) in [5.41, 5.74) is 0.826. The van der Waals surface area contributed by atoms with E-state index in [0.717, 1.165) is 5.56 Å². The van der Waals surface area contributed by atoms with Crippen LogP contribution in [0, 0.1) is 5.92 Å². The van der Waals surface area contributed by atoms with E-state index in [0.29, 0.717) is 86.7 Å². The van der Waals surface area contributed by atoms with Crippen LogP contribution in [-0.4, -0.2) is 87.5 Å². The molecule has 0 atom stereocenters. The maximum absolute atomic E-state index is 12.5. The lowest BCUT2D eigenvalue weighted by Gasteiger charge is -2.36. The fourth-order valence-corrected chi connectivity index (χ4v) is 4.48. The average Bonchev–Trinajstić information content (AvgIpc) is 2.89. The van der Waals surface area contributed by atoms with Crippen molar-refractivity contribution >= 4 is 46.7 Å². The number of hydrogen-bond donors (Lipinski definition) is 1. The molecule has 1 aromatic heterocycles. The standard InChI is InChI=1S/C25H37Cl2N7O3/c1-18(2)24(35)32-7-9-33(10-8-32)25-29-22(31(11-13-36-3)12-14-37-4)16-23(30-25)34(28)17-19-5-6-20(26)15-21(19)27/h5-6,15-16,18H,7-14,17,28H2,1-4H3. The monoisotopic (exact) mass is 553 g/mol. The Morgan fingerprint density at radius 2 is 1.65 bits per heavy atom. The minimum atomic E-state index is -0.0293. The van der Waals surface area contributed by atoms with Gasteiger partial charge in [0.1, 0.15) is 5.82 Å². The minimum absolute atomic E-state index is 0.0293. The quantitative estimate of drug-likeness (QED) is 0.314. The van der Waals surface area contributed by atoms with Gasteiger partial charge in [-0.2, -0.15) is 9.97 Å². The van der Waals surface area contributed by atoms with Crippen molar-refractivity contribution < 1.29 is 14.3 Å². The lowest BCUT2D eigenvalue weighted by atomic mass is 10.1. The molecular weight excluding hydrogens is 517 g/mol. The largest absolute Gasteiger partial charge is 0.383 e. The number of carbonyl (C=O) groups is 1. The van der Waals surface area contributed by atoms with Crippen LogP contribution in [0.4, 0.5) is 17.6 Å². The van der Waals surface area contributed by atoms with Crippen molar-refractivity contribution in [3.05, 3.63) is 39.9 Å². The minimum Gasteiger partial charge on any atom is -0.383 e.